The monoisotopic (exact) mass is 222 g/mol. The van der Waals surface area contributed by atoms with Crippen molar-refractivity contribution in [3.63, 3.8) is 0 Å². The lowest BCUT2D eigenvalue weighted by Crippen LogP contribution is -2.09. The number of esters is 1. The molecule has 0 aromatic heterocycles. The minimum atomic E-state index is -0.311. The number of phenolic OH excluding ortho intramolecular Hbond substituents is 1. The third-order valence-corrected chi connectivity index (χ3v) is 2.58. The van der Waals surface area contributed by atoms with E-state index in [4.69, 9.17) is 4.74 Å². The van der Waals surface area contributed by atoms with Crippen LogP contribution in [-0.4, -0.2) is 17.7 Å². The van der Waals surface area contributed by atoms with Gasteiger partial charge in [0, 0.05) is 0 Å². The maximum absolute atomic E-state index is 11.7. The summed E-state index contributed by atoms with van der Waals surface area (Å²) in [6, 6.07) is 3.16. The summed E-state index contributed by atoms with van der Waals surface area (Å²) >= 11 is 0. The molecule has 0 bridgehead atoms. The topological polar surface area (TPSA) is 46.5 Å². The van der Waals surface area contributed by atoms with Crippen LogP contribution >= 0.6 is 0 Å². The van der Waals surface area contributed by atoms with Crippen LogP contribution in [0.5, 0.6) is 5.75 Å². The molecule has 0 radical (unpaired) electrons. The fraction of sp³-hybridized carbons (Fsp3) is 0.462. The Kier molecular flexibility index (Phi) is 4.35. The van der Waals surface area contributed by atoms with Gasteiger partial charge in [0.15, 0.2) is 0 Å². The SMILES string of the molecule is CCCOC(=O)c1ccc(O)c(CC)c1C. The summed E-state index contributed by atoms with van der Waals surface area (Å²) in [5.41, 5.74) is 2.16. The molecule has 0 aliphatic carbocycles. The molecule has 0 aliphatic heterocycles. The largest absolute Gasteiger partial charge is 0.508 e. The van der Waals surface area contributed by atoms with E-state index in [-0.39, 0.29) is 11.7 Å². The molecule has 0 aliphatic rings. The van der Waals surface area contributed by atoms with E-state index in [1.807, 2.05) is 20.8 Å². The van der Waals surface area contributed by atoms with E-state index in [2.05, 4.69) is 0 Å². The normalized spacial score (nSPS) is 10.2. The van der Waals surface area contributed by atoms with Crippen molar-refractivity contribution in [1.29, 1.82) is 0 Å². The second-order valence-electron chi connectivity index (χ2n) is 3.73. The van der Waals surface area contributed by atoms with Crippen LogP contribution in [0.3, 0.4) is 0 Å². The van der Waals surface area contributed by atoms with Gasteiger partial charge in [-0.1, -0.05) is 13.8 Å². The number of carbonyl (C=O) groups is 1. The van der Waals surface area contributed by atoms with Gasteiger partial charge in [0.25, 0.3) is 0 Å². The molecule has 0 amide bonds. The Morgan fingerprint density at radius 1 is 1.38 bits per heavy atom. The van der Waals surface area contributed by atoms with Crippen LogP contribution in [0.4, 0.5) is 0 Å². The van der Waals surface area contributed by atoms with Gasteiger partial charge in [0.1, 0.15) is 5.75 Å². The number of hydrogen-bond donors (Lipinski definition) is 1. The average molecular weight is 222 g/mol. The zero-order valence-electron chi connectivity index (χ0n) is 10.0. The first-order valence-electron chi connectivity index (χ1n) is 5.60. The summed E-state index contributed by atoms with van der Waals surface area (Å²) in [7, 11) is 0. The molecule has 1 aromatic rings. The molecule has 1 aromatic carbocycles. The van der Waals surface area contributed by atoms with Gasteiger partial charge in [0.05, 0.1) is 12.2 Å². The molecule has 0 fully saturated rings. The first kappa shape index (κ1) is 12.6. The highest BCUT2D eigenvalue weighted by Gasteiger charge is 2.14. The summed E-state index contributed by atoms with van der Waals surface area (Å²) in [6.45, 7) is 6.17. The Morgan fingerprint density at radius 3 is 2.62 bits per heavy atom. The third kappa shape index (κ3) is 2.54. The lowest BCUT2D eigenvalue weighted by molar-refractivity contribution is 0.0504. The Morgan fingerprint density at radius 2 is 2.06 bits per heavy atom. The van der Waals surface area contributed by atoms with Gasteiger partial charge in [-0.15, -0.1) is 0 Å². The number of phenols is 1. The van der Waals surface area contributed by atoms with Crippen LogP contribution in [0.1, 0.15) is 41.8 Å². The van der Waals surface area contributed by atoms with Gasteiger partial charge in [0.2, 0.25) is 0 Å². The Bertz CT molecular complexity index is 383. The second kappa shape index (κ2) is 5.54. The standard InChI is InChI=1S/C13H18O3/c1-4-8-16-13(15)11-6-7-12(14)10(5-2)9(11)3/h6-7,14H,4-5,8H2,1-3H3. The van der Waals surface area contributed by atoms with E-state index >= 15 is 0 Å². The van der Waals surface area contributed by atoms with Crippen LogP contribution in [0.2, 0.25) is 0 Å². The molecule has 1 N–H and O–H groups in total. The van der Waals surface area contributed by atoms with Crippen molar-refractivity contribution in [2.45, 2.75) is 33.6 Å². The van der Waals surface area contributed by atoms with E-state index in [0.29, 0.717) is 18.6 Å². The number of benzene rings is 1. The fourth-order valence-electron chi connectivity index (χ4n) is 1.68. The zero-order chi connectivity index (χ0) is 12.1. The van der Waals surface area contributed by atoms with Crippen LogP contribution in [0.25, 0.3) is 0 Å². The molecule has 16 heavy (non-hydrogen) atoms. The van der Waals surface area contributed by atoms with Gasteiger partial charge in [-0.25, -0.2) is 4.79 Å². The van der Waals surface area contributed by atoms with Gasteiger partial charge in [-0.05, 0) is 43.0 Å². The van der Waals surface area contributed by atoms with Crippen LogP contribution in [0.15, 0.2) is 12.1 Å². The molecular weight excluding hydrogens is 204 g/mol. The molecule has 0 saturated heterocycles. The van der Waals surface area contributed by atoms with Gasteiger partial charge in [-0.3, -0.25) is 0 Å². The molecule has 3 heteroatoms. The molecule has 0 unspecified atom stereocenters. The van der Waals surface area contributed by atoms with Crippen LogP contribution in [0, 0.1) is 6.92 Å². The summed E-state index contributed by atoms with van der Waals surface area (Å²) < 4.78 is 5.08. The van der Waals surface area contributed by atoms with Crippen molar-refractivity contribution >= 4 is 5.97 Å². The summed E-state index contributed by atoms with van der Waals surface area (Å²) in [6.07, 6.45) is 1.51. The van der Waals surface area contributed by atoms with E-state index in [1.165, 1.54) is 0 Å². The van der Waals surface area contributed by atoms with Crippen molar-refractivity contribution in [3.05, 3.63) is 28.8 Å². The molecule has 3 nitrogen and oxygen atoms in total. The highest BCUT2D eigenvalue weighted by atomic mass is 16.5. The lowest BCUT2D eigenvalue weighted by Gasteiger charge is -2.11. The Labute approximate surface area is 96.1 Å². The highest BCUT2D eigenvalue weighted by molar-refractivity contribution is 5.91. The van der Waals surface area contributed by atoms with Gasteiger partial charge < -0.3 is 9.84 Å². The molecule has 88 valence electrons. The molecule has 0 heterocycles. The average Bonchev–Trinajstić information content (AvgIpc) is 2.26. The number of ether oxygens (including phenoxy) is 1. The lowest BCUT2D eigenvalue weighted by atomic mass is 9.99. The van der Waals surface area contributed by atoms with E-state index in [0.717, 1.165) is 17.5 Å². The van der Waals surface area contributed by atoms with E-state index in [9.17, 15) is 9.90 Å². The number of hydrogen-bond acceptors (Lipinski definition) is 3. The summed E-state index contributed by atoms with van der Waals surface area (Å²) in [4.78, 5) is 11.7. The number of carbonyl (C=O) groups excluding carboxylic acids is 1. The van der Waals surface area contributed by atoms with Crippen molar-refractivity contribution in [2.75, 3.05) is 6.61 Å². The maximum atomic E-state index is 11.7. The van der Waals surface area contributed by atoms with Gasteiger partial charge in [-0.2, -0.15) is 0 Å². The number of aromatic hydroxyl groups is 1. The minimum absolute atomic E-state index is 0.243. The fourth-order valence-corrected chi connectivity index (χ4v) is 1.68. The molecule has 0 saturated carbocycles. The van der Waals surface area contributed by atoms with Gasteiger partial charge >= 0.3 is 5.97 Å². The molecule has 1 rings (SSSR count). The van der Waals surface area contributed by atoms with E-state index in [1.54, 1.807) is 12.1 Å². The first-order chi connectivity index (χ1) is 7.61. The minimum Gasteiger partial charge on any atom is -0.508 e. The van der Waals surface area contributed by atoms with Crippen LogP contribution in [-0.2, 0) is 11.2 Å². The molecule has 0 spiro atoms. The molecule has 0 atom stereocenters. The Balaban J connectivity index is 3.01. The van der Waals surface area contributed by atoms with E-state index < -0.39 is 0 Å². The predicted octanol–water partition coefficient (Wildman–Crippen LogP) is 2.83. The predicted molar refractivity (Wildman–Crippen MR) is 62.8 cm³/mol. The number of rotatable bonds is 4. The van der Waals surface area contributed by atoms with Crippen LogP contribution < -0.4 is 0 Å². The highest BCUT2D eigenvalue weighted by Crippen LogP contribution is 2.24. The smallest absolute Gasteiger partial charge is 0.338 e. The molecular formula is C13H18O3. The van der Waals surface area contributed by atoms with Crippen molar-refractivity contribution in [2.24, 2.45) is 0 Å². The summed E-state index contributed by atoms with van der Waals surface area (Å²) in [5.74, 6) is -0.0684. The quantitative estimate of drug-likeness (QED) is 0.797. The Hall–Kier alpha value is -1.51. The maximum Gasteiger partial charge on any atom is 0.338 e. The third-order valence-electron chi connectivity index (χ3n) is 2.58. The van der Waals surface area contributed by atoms with Crippen molar-refractivity contribution in [3.8, 4) is 5.75 Å². The van der Waals surface area contributed by atoms with Crippen molar-refractivity contribution < 1.29 is 14.6 Å². The zero-order valence-corrected chi connectivity index (χ0v) is 10.0. The summed E-state index contributed by atoms with van der Waals surface area (Å²) in [5, 5.41) is 9.62. The second-order valence-corrected chi connectivity index (χ2v) is 3.73. The first-order valence-corrected chi connectivity index (χ1v) is 5.60. The van der Waals surface area contributed by atoms with Crippen molar-refractivity contribution in [1.82, 2.24) is 0 Å².